The van der Waals surface area contributed by atoms with Crippen molar-refractivity contribution in [2.24, 2.45) is 5.10 Å². The summed E-state index contributed by atoms with van der Waals surface area (Å²) in [5.74, 6) is 0.0994. The third-order valence-electron chi connectivity index (χ3n) is 6.06. The molecule has 0 saturated heterocycles. The highest BCUT2D eigenvalue weighted by molar-refractivity contribution is 9.10. The summed E-state index contributed by atoms with van der Waals surface area (Å²) in [5, 5.41) is 16.8. The van der Waals surface area contributed by atoms with Crippen LogP contribution in [0.15, 0.2) is 69.0 Å². The molecule has 0 unspecified atom stereocenters. The molecule has 0 radical (unpaired) electrons. The molecular weight excluding hydrogens is 571 g/mol. The van der Waals surface area contributed by atoms with Crippen LogP contribution in [0, 0.1) is 15.9 Å². The molecule has 4 rings (SSSR count). The van der Waals surface area contributed by atoms with Gasteiger partial charge >= 0.3 is 5.69 Å². The Morgan fingerprint density at radius 2 is 1.90 bits per heavy atom. The molecule has 202 valence electrons. The maximum atomic E-state index is 13.4. The van der Waals surface area contributed by atoms with Gasteiger partial charge in [0.1, 0.15) is 18.2 Å². The Labute approximate surface area is 232 Å². The number of halogens is 2. The van der Waals surface area contributed by atoms with Crippen molar-refractivity contribution in [2.45, 2.75) is 39.7 Å². The van der Waals surface area contributed by atoms with Gasteiger partial charge in [-0.2, -0.15) is 9.78 Å². The first-order valence-electron chi connectivity index (χ1n) is 12.3. The lowest BCUT2D eigenvalue weighted by atomic mass is 10.1. The second-order valence-corrected chi connectivity index (χ2v) is 9.69. The molecule has 0 aliphatic rings. The summed E-state index contributed by atoms with van der Waals surface area (Å²) in [6.07, 6.45) is 2.09. The topological polar surface area (TPSA) is 109 Å². The van der Waals surface area contributed by atoms with Crippen LogP contribution < -0.4 is 15.0 Å². The van der Waals surface area contributed by atoms with E-state index in [1.54, 1.807) is 25.1 Å². The van der Waals surface area contributed by atoms with Crippen molar-refractivity contribution in [1.29, 1.82) is 0 Å². The average Bonchev–Trinajstić information content (AvgIpc) is 2.92. The normalized spacial score (nSPS) is 12.1. The van der Waals surface area contributed by atoms with Crippen molar-refractivity contribution in [2.75, 3.05) is 6.61 Å². The van der Waals surface area contributed by atoms with E-state index in [2.05, 4.69) is 26.0 Å². The molecule has 0 bridgehead atoms. The molecule has 11 heteroatoms. The Morgan fingerprint density at radius 1 is 1.15 bits per heavy atom. The first-order chi connectivity index (χ1) is 18.7. The molecule has 0 saturated carbocycles. The first-order valence-corrected chi connectivity index (χ1v) is 13.1. The number of nitrogens with zero attached hydrogens (tertiary/aromatic N) is 4. The fraction of sp³-hybridized carbons (Fsp3) is 0.250. The molecule has 9 nitrogen and oxygen atoms in total. The number of ether oxygens (including phenoxy) is 2. The largest absolute Gasteiger partial charge is 0.490 e. The minimum absolute atomic E-state index is 0.0272. The van der Waals surface area contributed by atoms with Crippen LogP contribution in [0.25, 0.3) is 10.9 Å². The van der Waals surface area contributed by atoms with Gasteiger partial charge in [0, 0.05) is 22.0 Å². The van der Waals surface area contributed by atoms with Crippen LogP contribution in [0.1, 0.15) is 50.1 Å². The number of aromatic nitrogens is 2. The smallest absolute Gasteiger partial charge is 0.315 e. The van der Waals surface area contributed by atoms with E-state index in [9.17, 15) is 19.3 Å². The van der Waals surface area contributed by atoms with Crippen molar-refractivity contribution in [3.8, 4) is 11.5 Å². The Kier molecular flexibility index (Phi) is 8.70. The first kappa shape index (κ1) is 27.9. The third kappa shape index (κ3) is 6.31. The van der Waals surface area contributed by atoms with Gasteiger partial charge < -0.3 is 9.47 Å². The highest BCUT2D eigenvalue weighted by atomic mass is 79.9. The average molecular weight is 597 g/mol. The lowest BCUT2D eigenvalue weighted by molar-refractivity contribution is -0.386. The molecule has 1 aromatic heterocycles. The van der Waals surface area contributed by atoms with Crippen LogP contribution in [0.5, 0.6) is 11.5 Å². The zero-order chi connectivity index (χ0) is 28.1. The fourth-order valence-electron chi connectivity index (χ4n) is 3.87. The lowest BCUT2D eigenvalue weighted by Crippen LogP contribution is -2.23. The molecule has 0 aliphatic heterocycles. The Bertz CT molecular complexity index is 1600. The number of benzene rings is 3. The van der Waals surface area contributed by atoms with Gasteiger partial charge in [0.25, 0.3) is 5.56 Å². The molecular formula is C28H26BrFN4O5. The summed E-state index contributed by atoms with van der Waals surface area (Å²) in [4.78, 5) is 29.5. The monoisotopic (exact) mass is 596 g/mol. The molecule has 4 aromatic rings. The van der Waals surface area contributed by atoms with Crippen LogP contribution in [0.4, 0.5) is 10.1 Å². The van der Waals surface area contributed by atoms with Gasteiger partial charge in [-0.3, -0.25) is 14.9 Å². The van der Waals surface area contributed by atoms with E-state index in [0.717, 1.165) is 10.9 Å². The summed E-state index contributed by atoms with van der Waals surface area (Å²) in [6, 6.07) is 13.8. The number of nitro groups is 1. The van der Waals surface area contributed by atoms with Gasteiger partial charge in [-0.1, -0.05) is 41.9 Å². The molecule has 1 heterocycles. The van der Waals surface area contributed by atoms with Crippen LogP contribution in [-0.2, 0) is 6.61 Å². The molecule has 39 heavy (non-hydrogen) atoms. The maximum absolute atomic E-state index is 13.4. The molecule has 0 spiro atoms. The van der Waals surface area contributed by atoms with E-state index < -0.39 is 10.7 Å². The minimum atomic E-state index is -0.578. The van der Waals surface area contributed by atoms with Crippen LogP contribution >= 0.6 is 15.9 Å². The van der Waals surface area contributed by atoms with E-state index >= 15 is 0 Å². The van der Waals surface area contributed by atoms with E-state index in [4.69, 9.17) is 9.47 Å². The van der Waals surface area contributed by atoms with E-state index in [1.807, 2.05) is 19.9 Å². The fourth-order valence-corrected chi connectivity index (χ4v) is 4.23. The van der Waals surface area contributed by atoms with Crippen LogP contribution in [0.2, 0.25) is 0 Å². The SMILES string of the molecule is CCOc1cc(C=Nn2c([C@H](C)CC)nc3ccc(Br)cc3c2=O)cc([N+](=O)[O-])c1OCc1ccc(F)cc1. The van der Waals surface area contributed by atoms with Crippen LogP contribution in [-0.4, -0.2) is 27.4 Å². The minimum Gasteiger partial charge on any atom is -0.490 e. The number of rotatable bonds is 10. The highest BCUT2D eigenvalue weighted by Gasteiger charge is 2.23. The summed E-state index contributed by atoms with van der Waals surface area (Å²) in [5.41, 5.74) is 0.829. The molecule has 0 amide bonds. The van der Waals surface area contributed by atoms with Crippen molar-refractivity contribution in [1.82, 2.24) is 9.66 Å². The Morgan fingerprint density at radius 3 is 2.56 bits per heavy atom. The number of fused-ring (bicyclic) bond motifs is 1. The van der Waals surface area contributed by atoms with Gasteiger partial charge in [-0.15, -0.1) is 0 Å². The summed E-state index contributed by atoms with van der Waals surface area (Å²) < 4.78 is 26.6. The van der Waals surface area contributed by atoms with Crippen molar-refractivity contribution >= 4 is 38.7 Å². The van der Waals surface area contributed by atoms with Crippen molar-refractivity contribution in [3.05, 3.63) is 102 Å². The molecule has 3 aromatic carbocycles. The number of nitro benzene ring substituents is 1. The van der Waals surface area contributed by atoms with Gasteiger partial charge in [-0.25, -0.2) is 9.37 Å². The second kappa shape index (κ2) is 12.2. The van der Waals surface area contributed by atoms with Gasteiger partial charge in [0.15, 0.2) is 5.75 Å². The summed E-state index contributed by atoms with van der Waals surface area (Å²) in [7, 11) is 0. The molecule has 1 atom stereocenters. The zero-order valence-electron chi connectivity index (χ0n) is 21.6. The van der Waals surface area contributed by atoms with Crippen LogP contribution in [0.3, 0.4) is 0 Å². The second-order valence-electron chi connectivity index (χ2n) is 8.77. The molecule has 0 N–H and O–H groups in total. The molecule has 0 aliphatic carbocycles. The number of hydrogen-bond acceptors (Lipinski definition) is 7. The summed E-state index contributed by atoms with van der Waals surface area (Å²) in [6.45, 7) is 5.88. The highest BCUT2D eigenvalue weighted by Crippen LogP contribution is 2.39. The summed E-state index contributed by atoms with van der Waals surface area (Å²) >= 11 is 3.39. The zero-order valence-corrected chi connectivity index (χ0v) is 23.1. The van der Waals surface area contributed by atoms with Gasteiger partial charge in [0.05, 0.1) is 28.6 Å². The van der Waals surface area contributed by atoms with Gasteiger partial charge in [-0.05, 0) is 55.3 Å². The van der Waals surface area contributed by atoms with Gasteiger partial charge in [0.2, 0.25) is 5.75 Å². The maximum Gasteiger partial charge on any atom is 0.315 e. The predicted octanol–water partition coefficient (Wildman–Crippen LogP) is 6.58. The van der Waals surface area contributed by atoms with E-state index in [-0.39, 0.29) is 41.9 Å². The Hall–Kier alpha value is -4.12. The molecule has 0 fully saturated rings. The van der Waals surface area contributed by atoms with E-state index in [1.165, 1.54) is 41.2 Å². The van der Waals surface area contributed by atoms with E-state index in [0.29, 0.717) is 27.9 Å². The quantitative estimate of drug-likeness (QED) is 0.116. The standard InChI is InChI=1S/C28H26BrFN4O5/c1-4-17(3)27-32-23-11-8-20(29)14-22(23)28(35)33(27)31-15-19-12-24(34(36)37)26(25(13-19)38-5-2)39-16-18-6-9-21(30)10-7-18/h6-15,17H,4-5,16H2,1-3H3/t17-/m1/s1. The Balaban J connectivity index is 1.78. The van der Waals surface area contributed by atoms with Crippen molar-refractivity contribution < 1.29 is 18.8 Å². The predicted molar refractivity (Wildman–Crippen MR) is 150 cm³/mol. The number of hydrogen-bond donors (Lipinski definition) is 0. The van der Waals surface area contributed by atoms with Crippen molar-refractivity contribution in [3.63, 3.8) is 0 Å². The lowest BCUT2D eigenvalue weighted by Gasteiger charge is -2.14. The third-order valence-corrected chi connectivity index (χ3v) is 6.55.